The molecule has 2 N–H and O–H groups in total. The molecule has 1 nitrogen and oxygen atoms in total. The molecule has 3 heteroatoms. The lowest BCUT2D eigenvalue weighted by atomic mass is 10.0. The molecule has 1 aliphatic carbocycles. The van der Waals surface area contributed by atoms with Gasteiger partial charge in [-0.2, -0.15) is 0 Å². The van der Waals surface area contributed by atoms with Crippen molar-refractivity contribution in [1.82, 2.24) is 0 Å². The molecule has 2 rings (SSSR count). The van der Waals surface area contributed by atoms with Crippen LogP contribution in [-0.4, -0.2) is 5.25 Å². The third-order valence-corrected chi connectivity index (χ3v) is 4.57. The molecular weight excluding hydrogens is 221 g/mol. The Morgan fingerprint density at radius 2 is 2.00 bits per heavy atom. The molecule has 1 saturated carbocycles. The topological polar surface area (TPSA) is 26.0 Å². The van der Waals surface area contributed by atoms with E-state index in [-0.39, 0.29) is 5.82 Å². The normalized spacial score (nSPS) is 17.6. The van der Waals surface area contributed by atoms with Gasteiger partial charge in [-0.15, -0.1) is 11.8 Å². The van der Waals surface area contributed by atoms with Gasteiger partial charge < -0.3 is 5.73 Å². The SMILES string of the molecule is NCc1c(F)cccc1SC1CCCCC1. The predicted octanol–water partition coefficient (Wildman–Crippen LogP) is 3.71. The van der Waals surface area contributed by atoms with Gasteiger partial charge in [0.1, 0.15) is 5.82 Å². The molecular formula is C13H18FNS. The Bertz CT molecular complexity index is 348. The van der Waals surface area contributed by atoms with Gasteiger partial charge in [0, 0.05) is 22.3 Å². The molecule has 1 fully saturated rings. The van der Waals surface area contributed by atoms with Gasteiger partial charge >= 0.3 is 0 Å². The van der Waals surface area contributed by atoms with Crippen LogP contribution in [0.1, 0.15) is 37.7 Å². The van der Waals surface area contributed by atoms with E-state index in [9.17, 15) is 4.39 Å². The average Bonchev–Trinajstić information content (AvgIpc) is 2.31. The van der Waals surface area contributed by atoms with Gasteiger partial charge in [-0.25, -0.2) is 4.39 Å². The Balaban J connectivity index is 2.10. The third kappa shape index (κ3) is 2.77. The lowest BCUT2D eigenvalue weighted by molar-refractivity contribution is 0.515. The van der Waals surface area contributed by atoms with Crippen LogP contribution in [0.25, 0.3) is 0 Å². The van der Waals surface area contributed by atoms with E-state index in [0.29, 0.717) is 17.4 Å². The van der Waals surface area contributed by atoms with E-state index in [1.54, 1.807) is 6.07 Å². The van der Waals surface area contributed by atoms with Crippen LogP contribution in [0, 0.1) is 5.82 Å². The minimum Gasteiger partial charge on any atom is -0.326 e. The maximum Gasteiger partial charge on any atom is 0.128 e. The second-order valence-electron chi connectivity index (χ2n) is 4.30. The maximum absolute atomic E-state index is 13.5. The second-order valence-corrected chi connectivity index (χ2v) is 5.64. The first-order chi connectivity index (χ1) is 7.81. The van der Waals surface area contributed by atoms with Crippen LogP contribution in [0.3, 0.4) is 0 Å². The summed E-state index contributed by atoms with van der Waals surface area (Å²) in [6, 6.07) is 5.26. The Morgan fingerprint density at radius 1 is 1.25 bits per heavy atom. The summed E-state index contributed by atoms with van der Waals surface area (Å²) in [5.74, 6) is -0.164. The molecule has 16 heavy (non-hydrogen) atoms. The lowest BCUT2D eigenvalue weighted by Crippen LogP contribution is -2.09. The Labute approximate surface area is 101 Å². The zero-order chi connectivity index (χ0) is 11.4. The summed E-state index contributed by atoms with van der Waals surface area (Å²) < 4.78 is 13.5. The van der Waals surface area contributed by atoms with Crippen molar-refractivity contribution in [3.8, 4) is 0 Å². The largest absolute Gasteiger partial charge is 0.326 e. The number of benzene rings is 1. The molecule has 0 aromatic heterocycles. The molecule has 0 radical (unpaired) electrons. The van der Waals surface area contributed by atoms with E-state index in [1.807, 2.05) is 17.8 Å². The summed E-state index contributed by atoms with van der Waals surface area (Å²) in [5.41, 5.74) is 6.28. The predicted molar refractivity (Wildman–Crippen MR) is 67.0 cm³/mol. The van der Waals surface area contributed by atoms with Crippen LogP contribution in [0.4, 0.5) is 4.39 Å². The molecule has 0 unspecified atom stereocenters. The van der Waals surface area contributed by atoms with Crippen LogP contribution < -0.4 is 5.73 Å². The first-order valence-corrected chi connectivity index (χ1v) is 6.83. The number of hydrogen-bond acceptors (Lipinski definition) is 2. The van der Waals surface area contributed by atoms with Gasteiger partial charge in [0.2, 0.25) is 0 Å². The summed E-state index contributed by atoms with van der Waals surface area (Å²) in [6.07, 6.45) is 6.48. The van der Waals surface area contributed by atoms with Crippen molar-refractivity contribution in [3.63, 3.8) is 0 Å². The standard InChI is InChI=1S/C13H18FNS/c14-12-7-4-8-13(11(12)9-15)16-10-5-2-1-3-6-10/h4,7-8,10H,1-3,5-6,9,15H2. The van der Waals surface area contributed by atoms with Crippen molar-refractivity contribution in [2.24, 2.45) is 5.73 Å². The molecule has 1 aliphatic rings. The fourth-order valence-electron chi connectivity index (χ4n) is 2.21. The maximum atomic E-state index is 13.5. The van der Waals surface area contributed by atoms with Crippen LogP contribution in [0.5, 0.6) is 0 Å². The Kier molecular flexibility index (Phi) is 4.24. The van der Waals surface area contributed by atoms with Gasteiger partial charge in [-0.3, -0.25) is 0 Å². The quantitative estimate of drug-likeness (QED) is 0.870. The highest BCUT2D eigenvalue weighted by molar-refractivity contribution is 8.00. The average molecular weight is 239 g/mol. The third-order valence-electron chi connectivity index (χ3n) is 3.13. The van der Waals surface area contributed by atoms with Gasteiger partial charge in [-0.1, -0.05) is 25.3 Å². The molecule has 0 bridgehead atoms. The first-order valence-electron chi connectivity index (χ1n) is 5.95. The number of halogens is 1. The fraction of sp³-hybridized carbons (Fsp3) is 0.538. The van der Waals surface area contributed by atoms with Gasteiger partial charge in [0.05, 0.1) is 0 Å². The van der Waals surface area contributed by atoms with E-state index in [2.05, 4.69) is 0 Å². The minimum absolute atomic E-state index is 0.164. The summed E-state index contributed by atoms with van der Waals surface area (Å²) >= 11 is 1.81. The molecule has 1 aromatic carbocycles. The first kappa shape index (κ1) is 11.9. The zero-order valence-electron chi connectivity index (χ0n) is 9.42. The van der Waals surface area contributed by atoms with Crippen LogP contribution in [0.2, 0.25) is 0 Å². The minimum atomic E-state index is -0.164. The van der Waals surface area contributed by atoms with E-state index < -0.39 is 0 Å². The fourth-order valence-corrected chi connectivity index (χ4v) is 3.62. The molecule has 0 atom stereocenters. The van der Waals surface area contributed by atoms with Crippen LogP contribution in [0.15, 0.2) is 23.1 Å². The van der Waals surface area contributed by atoms with E-state index >= 15 is 0 Å². The second kappa shape index (κ2) is 5.69. The lowest BCUT2D eigenvalue weighted by Gasteiger charge is -2.22. The summed E-state index contributed by atoms with van der Waals surface area (Å²) in [5, 5.41) is 0.654. The molecule has 0 aliphatic heterocycles. The number of nitrogens with two attached hydrogens (primary N) is 1. The Morgan fingerprint density at radius 3 is 2.69 bits per heavy atom. The monoisotopic (exact) mass is 239 g/mol. The molecule has 88 valence electrons. The summed E-state index contributed by atoms with van der Waals surface area (Å²) in [7, 11) is 0. The highest BCUT2D eigenvalue weighted by atomic mass is 32.2. The molecule has 0 heterocycles. The van der Waals surface area contributed by atoms with Gasteiger partial charge in [0.15, 0.2) is 0 Å². The number of rotatable bonds is 3. The summed E-state index contributed by atoms with van der Waals surface area (Å²) in [4.78, 5) is 1.04. The van der Waals surface area contributed by atoms with Crippen LogP contribution in [-0.2, 0) is 6.54 Å². The van der Waals surface area contributed by atoms with Crippen molar-refractivity contribution in [2.45, 2.75) is 48.8 Å². The van der Waals surface area contributed by atoms with E-state index in [1.165, 1.54) is 38.2 Å². The molecule has 0 saturated heterocycles. The number of hydrogen-bond donors (Lipinski definition) is 1. The molecule has 1 aromatic rings. The van der Waals surface area contributed by atoms with Crippen molar-refractivity contribution in [2.75, 3.05) is 0 Å². The van der Waals surface area contributed by atoms with E-state index in [0.717, 1.165) is 4.90 Å². The molecule has 0 spiro atoms. The Hall–Kier alpha value is -0.540. The van der Waals surface area contributed by atoms with Crippen molar-refractivity contribution in [1.29, 1.82) is 0 Å². The zero-order valence-corrected chi connectivity index (χ0v) is 10.2. The van der Waals surface area contributed by atoms with Crippen molar-refractivity contribution >= 4 is 11.8 Å². The highest BCUT2D eigenvalue weighted by Gasteiger charge is 2.17. The van der Waals surface area contributed by atoms with Gasteiger partial charge in [0.25, 0.3) is 0 Å². The van der Waals surface area contributed by atoms with Crippen LogP contribution >= 0.6 is 11.8 Å². The smallest absolute Gasteiger partial charge is 0.128 e. The van der Waals surface area contributed by atoms with Gasteiger partial charge in [-0.05, 0) is 25.0 Å². The van der Waals surface area contributed by atoms with Crippen molar-refractivity contribution in [3.05, 3.63) is 29.6 Å². The number of thioether (sulfide) groups is 1. The van der Waals surface area contributed by atoms with E-state index in [4.69, 9.17) is 5.73 Å². The van der Waals surface area contributed by atoms with Crippen molar-refractivity contribution < 1.29 is 4.39 Å². The molecule has 0 amide bonds. The summed E-state index contributed by atoms with van der Waals surface area (Å²) in [6.45, 7) is 0.293. The highest BCUT2D eigenvalue weighted by Crippen LogP contribution is 2.35.